The van der Waals surface area contributed by atoms with E-state index in [-0.39, 0.29) is 41.7 Å². The summed E-state index contributed by atoms with van der Waals surface area (Å²) in [5.41, 5.74) is 0. The molecule has 0 aromatic carbocycles. The van der Waals surface area contributed by atoms with Gasteiger partial charge in [0.05, 0.1) is 6.10 Å². The van der Waals surface area contributed by atoms with E-state index >= 15 is 0 Å². The van der Waals surface area contributed by atoms with Crippen LogP contribution in [-0.4, -0.2) is 34.0 Å². The smallest absolute Gasteiger partial charge is 0.747 e. The van der Waals surface area contributed by atoms with Gasteiger partial charge < -0.3 is 14.8 Å². The standard InChI is InChI=1S/C21H38O5S.Na/c1-2-3-4-5-6-7-8-9-10-11-12-13-14-17-21(27(24,25)26)18-19(22)15-16-20(21)23;/h15-16,18,20,22-23H,2-14,17H2,1H3,(H,24,25,26);/q;+1/p-1. The summed E-state index contributed by atoms with van der Waals surface area (Å²) in [4.78, 5) is 0. The number of hydrogen-bond acceptors (Lipinski definition) is 5. The summed E-state index contributed by atoms with van der Waals surface area (Å²) in [6.07, 6.45) is 17.2. The monoisotopic (exact) mass is 424 g/mol. The summed E-state index contributed by atoms with van der Waals surface area (Å²) >= 11 is 0. The number of rotatable bonds is 15. The SMILES string of the molecule is CCCCCCCCCCCCCCCC1(S(=O)(=O)[O-])C=C(O)C=CC1O.[Na+]. The van der Waals surface area contributed by atoms with E-state index in [4.69, 9.17) is 0 Å². The van der Waals surface area contributed by atoms with Crippen LogP contribution in [0.15, 0.2) is 24.0 Å². The topological polar surface area (TPSA) is 97.7 Å². The molecule has 158 valence electrons. The van der Waals surface area contributed by atoms with Crippen LogP contribution in [-0.2, 0) is 10.1 Å². The van der Waals surface area contributed by atoms with E-state index < -0.39 is 21.0 Å². The van der Waals surface area contributed by atoms with Crippen LogP contribution < -0.4 is 29.6 Å². The van der Waals surface area contributed by atoms with Gasteiger partial charge >= 0.3 is 29.6 Å². The summed E-state index contributed by atoms with van der Waals surface area (Å²) in [5, 5.41) is 19.6. The average Bonchev–Trinajstić information content (AvgIpc) is 2.60. The van der Waals surface area contributed by atoms with Crippen molar-refractivity contribution in [3.8, 4) is 0 Å². The molecule has 1 aliphatic carbocycles. The van der Waals surface area contributed by atoms with Crippen molar-refractivity contribution in [2.75, 3.05) is 0 Å². The third-order valence-electron chi connectivity index (χ3n) is 5.48. The Morgan fingerprint density at radius 1 is 0.929 bits per heavy atom. The summed E-state index contributed by atoms with van der Waals surface area (Å²) in [5.74, 6) is -0.283. The summed E-state index contributed by atoms with van der Waals surface area (Å²) in [6, 6.07) is 0. The minimum Gasteiger partial charge on any atom is -0.747 e. The molecule has 0 fully saturated rings. The molecule has 2 atom stereocenters. The fraction of sp³-hybridized carbons (Fsp3) is 0.810. The Morgan fingerprint density at radius 2 is 1.36 bits per heavy atom. The summed E-state index contributed by atoms with van der Waals surface area (Å²) in [7, 11) is -4.77. The first-order chi connectivity index (χ1) is 12.8. The molecule has 5 nitrogen and oxygen atoms in total. The maximum Gasteiger partial charge on any atom is 1.00 e. The molecule has 2 N–H and O–H groups in total. The maximum absolute atomic E-state index is 11.7. The Bertz CT molecular complexity index is 573. The fourth-order valence-corrected chi connectivity index (χ4v) is 4.75. The predicted molar refractivity (Wildman–Crippen MR) is 109 cm³/mol. The Kier molecular flexibility index (Phi) is 15.1. The van der Waals surface area contributed by atoms with Crippen molar-refractivity contribution < 1.29 is 52.7 Å². The molecule has 0 amide bonds. The van der Waals surface area contributed by atoms with Crippen molar-refractivity contribution in [3.63, 3.8) is 0 Å². The quantitative estimate of drug-likeness (QED) is 0.238. The maximum atomic E-state index is 11.7. The van der Waals surface area contributed by atoms with Crippen LogP contribution in [0, 0.1) is 0 Å². The van der Waals surface area contributed by atoms with Gasteiger partial charge in [-0.25, -0.2) is 8.42 Å². The van der Waals surface area contributed by atoms with Gasteiger partial charge in [0.2, 0.25) is 0 Å². The van der Waals surface area contributed by atoms with Gasteiger partial charge in [0, 0.05) is 0 Å². The van der Waals surface area contributed by atoms with E-state index in [0.29, 0.717) is 6.42 Å². The normalized spacial score (nSPS) is 22.0. The second kappa shape index (κ2) is 15.0. The average molecular weight is 425 g/mol. The zero-order valence-corrected chi connectivity index (χ0v) is 20.6. The van der Waals surface area contributed by atoms with Crippen molar-refractivity contribution in [2.24, 2.45) is 0 Å². The van der Waals surface area contributed by atoms with Gasteiger partial charge in [-0.05, 0) is 18.6 Å². The molecule has 0 saturated carbocycles. The molecule has 0 heterocycles. The summed E-state index contributed by atoms with van der Waals surface area (Å²) < 4.78 is 33.2. The first-order valence-electron chi connectivity index (χ1n) is 10.6. The summed E-state index contributed by atoms with van der Waals surface area (Å²) in [6.45, 7) is 2.23. The van der Waals surface area contributed by atoms with Crippen molar-refractivity contribution in [1.82, 2.24) is 0 Å². The van der Waals surface area contributed by atoms with Gasteiger partial charge in [-0.15, -0.1) is 0 Å². The van der Waals surface area contributed by atoms with Gasteiger partial charge in [-0.1, -0.05) is 96.5 Å². The molecule has 0 aromatic heterocycles. The largest absolute Gasteiger partial charge is 1.00 e. The molecule has 28 heavy (non-hydrogen) atoms. The third kappa shape index (κ3) is 9.77. The van der Waals surface area contributed by atoms with Crippen LogP contribution in [0.2, 0.25) is 0 Å². The van der Waals surface area contributed by atoms with Crippen LogP contribution in [0.4, 0.5) is 0 Å². The number of aliphatic hydroxyl groups is 2. The molecular formula is C21H37NaO5S. The zero-order chi connectivity index (χ0) is 20.2. The molecule has 1 rings (SSSR count). The van der Waals surface area contributed by atoms with Crippen molar-refractivity contribution in [2.45, 2.75) is 108 Å². The number of aliphatic hydroxyl groups excluding tert-OH is 2. The van der Waals surface area contributed by atoms with E-state index in [0.717, 1.165) is 25.3 Å². The second-order valence-corrected chi connectivity index (χ2v) is 9.44. The van der Waals surface area contributed by atoms with Crippen LogP contribution in [0.3, 0.4) is 0 Å². The van der Waals surface area contributed by atoms with Gasteiger partial charge in [0.25, 0.3) is 0 Å². The molecule has 7 heteroatoms. The van der Waals surface area contributed by atoms with Crippen LogP contribution in [0.1, 0.15) is 96.8 Å². The molecule has 0 saturated heterocycles. The molecule has 2 unspecified atom stereocenters. The molecule has 0 bridgehead atoms. The molecule has 0 spiro atoms. The van der Waals surface area contributed by atoms with E-state index in [2.05, 4.69) is 6.92 Å². The first-order valence-corrected chi connectivity index (χ1v) is 12.0. The van der Waals surface area contributed by atoms with Gasteiger partial charge in [0.15, 0.2) is 0 Å². The van der Waals surface area contributed by atoms with E-state index in [1.807, 2.05) is 0 Å². The fourth-order valence-electron chi connectivity index (χ4n) is 3.72. The van der Waals surface area contributed by atoms with Gasteiger partial charge in [-0.2, -0.15) is 0 Å². The minimum atomic E-state index is -4.77. The molecular weight excluding hydrogens is 387 g/mol. The van der Waals surface area contributed by atoms with Crippen LogP contribution in [0.5, 0.6) is 0 Å². The Morgan fingerprint density at radius 3 is 1.79 bits per heavy atom. The Hall–Kier alpha value is 0.150. The van der Waals surface area contributed by atoms with E-state index in [9.17, 15) is 23.2 Å². The molecule has 0 aliphatic heterocycles. The van der Waals surface area contributed by atoms with Crippen LogP contribution in [0.25, 0.3) is 0 Å². The predicted octanol–water partition coefficient (Wildman–Crippen LogP) is 2.13. The zero-order valence-electron chi connectivity index (χ0n) is 17.7. The third-order valence-corrected chi connectivity index (χ3v) is 6.97. The number of hydrogen-bond donors (Lipinski definition) is 2. The van der Waals surface area contributed by atoms with Crippen molar-refractivity contribution in [1.29, 1.82) is 0 Å². The molecule has 0 aromatic rings. The second-order valence-electron chi connectivity index (χ2n) is 7.77. The van der Waals surface area contributed by atoms with Crippen molar-refractivity contribution >= 4 is 10.1 Å². The Labute approximate surface area is 193 Å². The molecule has 0 radical (unpaired) electrons. The number of allylic oxidation sites excluding steroid dienone is 1. The minimum absolute atomic E-state index is 0. The molecule has 1 aliphatic rings. The van der Waals surface area contributed by atoms with E-state index in [1.54, 1.807) is 0 Å². The first kappa shape index (κ1) is 28.1. The number of unbranched alkanes of at least 4 members (excludes halogenated alkanes) is 12. The van der Waals surface area contributed by atoms with Crippen LogP contribution >= 0.6 is 0 Å². The van der Waals surface area contributed by atoms with Gasteiger partial charge in [-0.3, -0.25) is 0 Å². The van der Waals surface area contributed by atoms with E-state index in [1.165, 1.54) is 69.9 Å². The Balaban J connectivity index is 0.00000729. The van der Waals surface area contributed by atoms with Crippen molar-refractivity contribution in [3.05, 3.63) is 24.0 Å². The van der Waals surface area contributed by atoms with Gasteiger partial charge in [0.1, 0.15) is 20.6 Å².